The van der Waals surface area contributed by atoms with Gasteiger partial charge in [0.2, 0.25) is 5.82 Å². The number of furan rings is 1. The summed E-state index contributed by atoms with van der Waals surface area (Å²) in [6.07, 6.45) is -5.07. The van der Waals surface area contributed by atoms with Crippen molar-refractivity contribution in [2.75, 3.05) is 5.32 Å². The minimum Gasteiger partial charge on any atom is -0.490 e. The number of hydrogen-bond acceptors (Lipinski definition) is 6. The van der Waals surface area contributed by atoms with Crippen LogP contribution in [-0.4, -0.2) is 32.6 Å². The third kappa shape index (κ3) is 4.34. The van der Waals surface area contributed by atoms with Gasteiger partial charge in [-0.2, -0.15) is 18.4 Å². The standard InChI is InChI=1S/C20H16F3N5O3/c1-10(2)30-15-6-5-13(9-14(15)20(21,22)23)24-19(29)12-4-3-11-7-17(31-16(11)8-12)18-25-27-28-26-18/h3-10H,1-2H3,(H,24,29)(H,25,26,27,28). The molecule has 2 aromatic heterocycles. The van der Waals surface area contributed by atoms with Crippen LogP contribution < -0.4 is 10.1 Å². The van der Waals surface area contributed by atoms with E-state index in [2.05, 4.69) is 25.9 Å². The maximum absolute atomic E-state index is 13.4. The molecule has 0 bridgehead atoms. The van der Waals surface area contributed by atoms with Gasteiger partial charge in [-0.3, -0.25) is 4.79 Å². The molecule has 0 aliphatic rings. The van der Waals surface area contributed by atoms with E-state index in [1.54, 1.807) is 26.0 Å². The van der Waals surface area contributed by atoms with E-state index in [1.165, 1.54) is 24.3 Å². The number of nitrogens with zero attached hydrogens (tertiary/aromatic N) is 3. The number of amides is 1. The van der Waals surface area contributed by atoms with Gasteiger partial charge in [0, 0.05) is 16.6 Å². The van der Waals surface area contributed by atoms with Crippen LogP contribution in [0, 0.1) is 0 Å². The first-order valence-corrected chi connectivity index (χ1v) is 9.17. The maximum Gasteiger partial charge on any atom is 0.420 e. The number of anilines is 1. The molecular formula is C20H16F3N5O3. The van der Waals surface area contributed by atoms with Gasteiger partial charge in [0.1, 0.15) is 11.3 Å². The van der Waals surface area contributed by atoms with E-state index in [0.29, 0.717) is 16.7 Å². The van der Waals surface area contributed by atoms with Crippen molar-refractivity contribution < 1.29 is 27.1 Å². The van der Waals surface area contributed by atoms with Crippen molar-refractivity contribution in [3.8, 4) is 17.3 Å². The molecule has 160 valence electrons. The number of tetrazole rings is 1. The summed E-state index contributed by atoms with van der Waals surface area (Å²) in [6, 6.07) is 9.73. The molecule has 4 rings (SSSR count). The molecule has 0 aliphatic carbocycles. The van der Waals surface area contributed by atoms with Crippen LogP contribution in [-0.2, 0) is 6.18 Å². The lowest BCUT2D eigenvalue weighted by Gasteiger charge is -2.17. The fraction of sp³-hybridized carbons (Fsp3) is 0.200. The number of ether oxygens (including phenoxy) is 1. The summed E-state index contributed by atoms with van der Waals surface area (Å²) >= 11 is 0. The number of carbonyl (C=O) groups is 1. The molecular weight excluding hydrogens is 415 g/mol. The zero-order chi connectivity index (χ0) is 22.2. The normalized spacial score (nSPS) is 11.8. The topological polar surface area (TPSA) is 106 Å². The van der Waals surface area contributed by atoms with E-state index in [-0.39, 0.29) is 22.8 Å². The molecule has 1 amide bonds. The van der Waals surface area contributed by atoms with Gasteiger partial charge in [0.15, 0.2) is 5.76 Å². The van der Waals surface area contributed by atoms with Crippen molar-refractivity contribution in [1.29, 1.82) is 0 Å². The predicted molar refractivity (Wildman–Crippen MR) is 105 cm³/mol. The predicted octanol–water partition coefficient (Wildman–Crippen LogP) is 4.67. The summed E-state index contributed by atoms with van der Waals surface area (Å²) in [5.41, 5.74) is -0.382. The van der Waals surface area contributed by atoms with Gasteiger partial charge in [-0.05, 0) is 55.5 Å². The number of halogens is 3. The molecule has 0 saturated carbocycles. The van der Waals surface area contributed by atoms with E-state index >= 15 is 0 Å². The largest absolute Gasteiger partial charge is 0.490 e. The lowest BCUT2D eigenvalue weighted by molar-refractivity contribution is -0.139. The minimum atomic E-state index is -4.64. The Bertz CT molecular complexity index is 1230. The first-order chi connectivity index (χ1) is 14.7. The number of rotatable bonds is 5. The van der Waals surface area contributed by atoms with E-state index < -0.39 is 23.8 Å². The minimum absolute atomic E-state index is 0.0135. The number of fused-ring (bicyclic) bond motifs is 1. The average molecular weight is 431 g/mol. The molecule has 0 saturated heterocycles. The Hall–Kier alpha value is -3.89. The molecule has 4 aromatic rings. The van der Waals surface area contributed by atoms with Crippen molar-refractivity contribution in [3.63, 3.8) is 0 Å². The number of benzene rings is 2. The second kappa shape index (κ2) is 7.74. The smallest absolute Gasteiger partial charge is 0.420 e. The van der Waals surface area contributed by atoms with Gasteiger partial charge in [0.25, 0.3) is 5.91 Å². The molecule has 2 heterocycles. The highest BCUT2D eigenvalue weighted by Crippen LogP contribution is 2.38. The molecule has 2 N–H and O–H groups in total. The third-order valence-corrected chi connectivity index (χ3v) is 4.25. The molecule has 8 nitrogen and oxygen atoms in total. The van der Waals surface area contributed by atoms with Gasteiger partial charge in [0.05, 0.1) is 11.7 Å². The number of H-pyrrole nitrogens is 1. The van der Waals surface area contributed by atoms with Crippen molar-refractivity contribution >= 4 is 22.6 Å². The highest BCUT2D eigenvalue weighted by Gasteiger charge is 2.35. The Balaban J connectivity index is 1.59. The Kier molecular flexibility index (Phi) is 5.09. The molecule has 0 atom stereocenters. The summed E-state index contributed by atoms with van der Waals surface area (Å²) in [5, 5.41) is 16.6. The highest BCUT2D eigenvalue weighted by molar-refractivity contribution is 6.06. The number of carbonyl (C=O) groups excluding carboxylic acids is 1. The van der Waals surface area contributed by atoms with Gasteiger partial charge >= 0.3 is 6.18 Å². The van der Waals surface area contributed by atoms with E-state index in [4.69, 9.17) is 9.15 Å². The van der Waals surface area contributed by atoms with E-state index in [0.717, 1.165) is 6.07 Å². The zero-order valence-corrected chi connectivity index (χ0v) is 16.3. The Morgan fingerprint density at radius 3 is 2.65 bits per heavy atom. The van der Waals surface area contributed by atoms with Crippen molar-refractivity contribution in [2.24, 2.45) is 0 Å². The monoisotopic (exact) mass is 431 g/mol. The van der Waals surface area contributed by atoms with E-state index in [1.807, 2.05) is 0 Å². The molecule has 2 aromatic carbocycles. The number of alkyl halides is 3. The van der Waals surface area contributed by atoms with Crippen molar-refractivity contribution in [1.82, 2.24) is 20.6 Å². The molecule has 0 spiro atoms. The third-order valence-electron chi connectivity index (χ3n) is 4.25. The van der Waals surface area contributed by atoms with Gasteiger partial charge in [-0.15, -0.1) is 10.2 Å². The van der Waals surface area contributed by atoms with Crippen LogP contribution in [0.4, 0.5) is 18.9 Å². The Labute approximate surface area is 173 Å². The summed E-state index contributed by atoms with van der Waals surface area (Å²) < 4.78 is 51.1. The molecule has 11 heteroatoms. The lowest BCUT2D eigenvalue weighted by atomic mass is 10.1. The number of aromatic nitrogens is 4. The molecule has 0 aliphatic heterocycles. The summed E-state index contributed by atoms with van der Waals surface area (Å²) in [5.74, 6) is -0.279. The summed E-state index contributed by atoms with van der Waals surface area (Å²) in [6.45, 7) is 3.26. The van der Waals surface area contributed by atoms with Crippen LogP contribution in [0.2, 0.25) is 0 Å². The summed E-state index contributed by atoms with van der Waals surface area (Å²) in [7, 11) is 0. The first kappa shape index (κ1) is 20.4. The number of hydrogen-bond donors (Lipinski definition) is 2. The summed E-state index contributed by atoms with van der Waals surface area (Å²) in [4.78, 5) is 12.6. The van der Waals surface area contributed by atoms with Crippen molar-refractivity contribution in [3.05, 3.63) is 53.6 Å². The van der Waals surface area contributed by atoms with Crippen LogP contribution in [0.3, 0.4) is 0 Å². The second-order valence-electron chi connectivity index (χ2n) is 6.93. The van der Waals surface area contributed by atoms with Gasteiger partial charge in [-0.25, -0.2) is 0 Å². The van der Waals surface area contributed by atoms with Crippen LogP contribution in [0.25, 0.3) is 22.6 Å². The average Bonchev–Trinajstić information content (AvgIpc) is 3.36. The fourth-order valence-corrected chi connectivity index (χ4v) is 2.94. The Morgan fingerprint density at radius 1 is 1.16 bits per heavy atom. The highest BCUT2D eigenvalue weighted by atomic mass is 19.4. The SMILES string of the molecule is CC(C)Oc1ccc(NC(=O)c2ccc3cc(-c4nn[nH]n4)oc3c2)cc1C(F)(F)F. The fourth-order valence-electron chi connectivity index (χ4n) is 2.94. The molecule has 0 radical (unpaired) electrons. The Morgan fingerprint density at radius 2 is 1.97 bits per heavy atom. The molecule has 0 unspecified atom stereocenters. The van der Waals surface area contributed by atoms with Gasteiger partial charge in [-0.1, -0.05) is 6.07 Å². The van der Waals surface area contributed by atoms with Crippen LogP contribution >= 0.6 is 0 Å². The first-order valence-electron chi connectivity index (χ1n) is 9.17. The molecule has 31 heavy (non-hydrogen) atoms. The number of nitrogens with one attached hydrogen (secondary N) is 2. The maximum atomic E-state index is 13.4. The van der Waals surface area contributed by atoms with Crippen LogP contribution in [0.15, 0.2) is 46.9 Å². The quantitative estimate of drug-likeness (QED) is 0.476. The van der Waals surface area contributed by atoms with Crippen LogP contribution in [0.5, 0.6) is 5.75 Å². The zero-order valence-electron chi connectivity index (χ0n) is 16.3. The second-order valence-corrected chi connectivity index (χ2v) is 6.93. The van der Waals surface area contributed by atoms with Crippen LogP contribution in [0.1, 0.15) is 29.8 Å². The van der Waals surface area contributed by atoms with E-state index in [9.17, 15) is 18.0 Å². The number of aromatic amines is 1. The lowest BCUT2D eigenvalue weighted by Crippen LogP contribution is -2.15. The molecule has 0 fully saturated rings. The van der Waals surface area contributed by atoms with Gasteiger partial charge < -0.3 is 14.5 Å². The van der Waals surface area contributed by atoms with Crippen molar-refractivity contribution in [2.45, 2.75) is 26.1 Å².